The Balaban J connectivity index is 2.41. The molecule has 0 saturated carbocycles. The van der Waals surface area contributed by atoms with Crippen LogP contribution in [-0.2, 0) is 21.2 Å². The minimum atomic E-state index is -3.40. The molecule has 0 aliphatic rings. The second kappa shape index (κ2) is 7.82. The van der Waals surface area contributed by atoms with Gasteiger partial charge in [0.15, 0.2) is 9.84 Å². The minimum Gasteiger partial charge on any atom is -0.475 e. The highest BCUT2D eigenvalue weighted by Gasteiger charge is 2.16. The monoisotopic (exact) mass is 317 g/mol. The van der Waals surface area contributed by atoms with Crippen LogP contribution in [0.1, 0.15) is 42.5 Å². The second-order valence-corrected chi connectivity index (χ2v) is 6.83. The largest absolute Gasteiger partial charge is 0.475 e. The van der Waals surface area contributed by atoms with Crippen LogP contribution in [0.15, 0.2) is 16.5 Å². The molecule has 21 heavy (non-hydrogen) atoms. The number of sulfone groups is 1. The van der Waals surface area contributed by atoms with Gasteiger partial charge in [0, 0.05) is 0 Å². The Morgan fingerprint density at radius 3 is 2.57 bits per heavy atom. The zero-order valence-corrected chi connectivity index (χ0v) is 12.6. The van der Waals surface area contributed by atoms with E-state index in [0.717, 1.165) is 12.8 Å². The predicted molar refractivity (Wildman–Crippen MR) is 75.7 cm³/mol. The van der Waals surface area contributed by atoms with Gasteiger partial charge in [0.1, 0.15) is 11.5 Å². The van der Waals surface area contributed by atoms with E-state index in [4.69, 9.17) is 9.52 Å². The van der Waals surface area contributed by atoms with Crippen LogP contribution in [0.5, 0.6) is 0 Å². The Bertz CT molecular complexity index is 590. The standard InChI is InChI=1S/C13H19NO6S/c1-2-3-4-7-21(18,19)9-12(15)14-8-10-5-6-11(20-10)13(16)17/h5-6H,2-4,7-9H2,1H3,(H,14,15)(H,16,17). The van der Waals surface area contributed by atoms with Gasteiger partial charge in [0.05, 0.1) is 12.3 Å². The third-order valence-electron chi connectivity index (χ3n) is 2.74. The zero-order chi connectivity index (χ0) is 15.9. The van der Waals surface area contributed by atoms with E-state index in [1.54, 1.807) is 0 Å². The summed E-state index contributed by atoms with van der Waals surface area (Å²) < 4.78 is 28.3. The number of furan rings is 1. The third-order valence-corrected chi connectivity index (χ3v) is 4.35. The molecule has 0 fully saturated rings. The summed E-state index contributed by atoms with van der Waals surface area (Å²) in [4.78, 5) is 22.2. The van der Waals surface area contributed by atoms with E-state index in [1.807, 2.05) is 6.92 Å². The number of carboxylic acid groups (broad SMARTS) is 1. The highest BCUT2D eigenvalue weighted by molar-refractivity contribution is 7.92. The molecule has 118 valence electrons. The predicted octanol–water partition coefficient (Wildman–Crippen LogP) is 1.20. The van der Waals surface area contributed by atoms with Crippen molar-refractivity contribution in [2.24, 2.45) is 0 Å². The Morgan fingerprint density at radius 1 is 1.29 bits per heavy atom. The van der Waals surface area contributed by atoms with Gasteiger partial charge in [-0.1, -0.05) is 19.8 Å². The van der Waals surface area contributed by atoms with Crippen molar-refractivity contribution in [1.29, 1.82) is 0 Å². The number of carboxylic acids is 1. The van der Waals surface area contributed by atoms with Crippen molar-refractivity contribution in [1.82, 2.24) is 5.32 Å². The molecule has 8 heteroatoms. The van der Waals surface area contributed by atoms with Crippen molar-refractivity contribution in [2.45, 2.75) is 32.7 Å². The van der Waals surface area contributed by atoms with E-state index in [2.05, 4.69) is 5.32 Å². The Hall–Kier alpha value is -1.83. The first-order valence-electron chi connectivity index (χ1n) is 6.63. The number of unbranched alkanes of at least 4 members (excludes halogenated alkanes) is 2. The van der Waals surface area contributed by atoms with Crippen LogP contribution < -0.4 is 5.32 Å². The van der Waals surface area contributed by atoms with Gasteiger partial charge < -0.3 is 14.8 Å². The van der Waals surface area contributed by atoms with Gasteiger partial charge in [-0.05, 0) is 18.6 Å². The van der Waals surface area contributed by atoms with E-state index in [0.29, 0.717) is 6.42 Å². The molecule has 7 nitrogen and oxygen atoms in total. The average molecular weight is 317 g/mol. The molecular formula is C13H19NO6S. The van der Waals surface area contributed by atoms with Crippen molar-refractivity contribution < 1.29 is 27.5 Å². The molecule has 1 amide bonds. The van der Waals surface area contributed by atoms with E-state index < -0.39 is 27.5 Å². The Labute approximate surface area is 123 Å². The van der Waals surface area contributed by atoms with Crippen molar-refractivity contribution in [3.8, 4) is 0 Å². The molecule has 1 heterocycles. The summed E-state index contributed by atoms with van der Waals surface area (Å²) in [7, 11) is -3.40. The van der Waals surface area contributed by atoms with Crippen LogP contribution in [0.25, 0.3) is 0 Å². The smallest absolute Gasteiger partial charge is 0.371 e. The van der Waals surface area contributed by atoms with Gasteiger partial charge >= 0.3 is 5.97 Å². The lowest BCUT2D eigenvalue weighted by Gasteiger charge is -2.05. The summed E-state index contributed by atoms with van der Waals surface area (Å²) in [6.45, 7) is 1.92. The number of amides is 1. The third kappa shape index (κ3) is 6.44. The summed E-state index contributed by atoms with van der Waals surface area (Å²) in [6, 6.07) is 2.69. The van der Waals surface area contributed by atoms with Gasteiger partial charge in [0.25, 0.3) is 0 Å². The van der Waals surface area contributed by atoms with Gasteiger partial charge in [0.2, 0.25) is 11.7 Å². The van der Waals surface area contributed by atoms with Crippen LogP contribution in [0, 0.1) is 0 Å². The van der Waals surface area contributed by atoms with E-state index in [-0.39, 0.29) is 23.8 Å². The van der Waals surface area contributed by atoms with Crippen LogP contribution in [0.2, 0.25) is 0 Å². The van der Waals surface area contributed by atoms with Gasteiger partial charge in [-0.15, -0.1) is 0 Å². The Morgan fingerprint density at radius 2 is 2.00 bits per heavy atom. The van der Waals surface area contributed by atoms with Crippen LogP contribution in [0.3, 0.4) is 0 Å². The molecule has 2 N–H and O–H groups in total. The maximum Gasteiger partial charge on any atom is 0.371 e. The summed E-state index contributed by atoms with van der Waals surface area (Å²) in [5.41, 5.74) is 0. The first-order chi connectivity index (χ1) is 9.84. The van der Waals surface area contributed by atoms with Crippen molar-refractivity contribution in [3.05, 3.63) is 23.7 Å². The normalized spacial score (nSPS) is 11.3. The molecule has 1 aromatic heterocycles. The molecule has 0 bridgehead atoms. The maximum atomic E-state index is 11.7. The lowest BCUT2D eigenvalue weighted by atomic mass is 10.3. The number of carbonyl (C=O) groups is 2. The fraction of sp³-hybridized carbons (Fsp3) is 0.538. The maximum absolute atomic E-state index is 11.7. The Kier molecular flexibility index (Phi) is 6.41. The fourth-order valence-electron chi connectivity index (χ4n) is 1.67. The molecule has 0 aromatic carbocycles. The first-order valence-corrected chi connectivity index (χ1v) is 8.45. The lowest BCUT2D eigenvalue weighted by Crippen LogP contribution is -2.30. The molecule has 0 unspecified atom stereocenters. The molecule has 0 radical (unpaired) electrons. The summed E-state index contributed by atoms with van der Waals surface area (Å²) >= 11 is 0. The molecule has 1 rings (SSSR count). The first kappa shape index (κ1) is 17.2. The summed E-state index contributed by atoms with van der Waals surface area (Å²) in [5, 5.41) is 11.1. The van der Waals surface area contributed by atoms with Crippen molar-refractivity contribution in [2.75, 3.05) is 11.5 Å². The number of hydrogen-bond donors (Lipinski definition) is 2. The highest BCUT2D eigenvalue weighted by atomic mass is 32.2. The number of aromatic carboxylic acids is 1. The van der Waals surface area contributed by atoms with E-state index >= 15 is 0 Å². The fourth-order valence-corrected chi connectivity index (χ4v) is 2.96. The minimum absolute atomic E-state index is 0.00181. The number of nitrogens with one attached hydrogen (secondary N) is 1. The highest BCUT2D eigenvalue weighted by Crippen LogP contribution is 2.07. The molecule has 0 aliphatic carbocycles. The topological polar surface area (TPSA) is 114 Å². The summed E-state index contributed by atoms with van der Waals surface area (Å²) in [5.74, 6) is -2.37. The molecule has 0 aliphatic heterocycles. The molecule has 0 atom stereocenters. The van der Waals surface area contributed by atoms with Crippen molar-refractivity contribution in [3.63, 3.8) is 0 Å². The average Bonchev–Trinajstić information content (AvgIpc) is 2.85. The zero-order valence-electron chi connectivity index (χ0n) is 11.8. The van der Waals surface area contributed by atoms with E-state index in [1.165, 1.54) is 12.1 Å². The molecule has 1 aromatic rings. The number of rotatable bonds is 9. The van der Waals surface area contributed by atoms with Gasteiger partial charge in [-0.25, -0.2) is 13.2 Å². The van der Waals surface area contributed by atoms with Gasteiger partial charge in [-0.3, -0.25) is 4.79 Å². The molecular weight excluding hydrogens is 298 g/mol. The second-order valence-electron chi connectivity index (χ2n) is 4.65. The summed E-state index contributed by atoms with van der Waals surface area (Å²) in [6.07, 6.45) is 2.27. The molecule has 0 spiro atoms. The van der Waals surface area contributed by atoms with Crippen LogP contribution >= 0.6 is 0 Å². The SMILES string of the molecule is CCCCCS(=O)(=O)CC(=O)NCc1ccc(C(=O)O)o1. The van der Waals surface area contributed by atoms with E-state index in [9.17, 15) is 18.0 Å². The van der Waals surface area contributed by atoms with Gasteiger partial charge in [-0.2, -0.15) is 0 Å². The number of carbonyl (C=O) groups excluding carboxylic acids is 1. The van der Waals surface area contributed by atoms with Crippen molar-refractivity contribution >= 4 is 21.7 Å². The van der Waals surface area contributed by atoms with Crippen LogP contribution in [0.4, 0.5) is 0 Å². The quantitative estimate of drug-likeness (QED) is 0.661. The molecule has 0 saturated heterocycles. The van der Waals surface area contributed by atoms with Crippen LogP contribution in [-0.4, -0.2) is 36.9 Å². The number of hydrogen-bond acceptors (Lipinski definition) is 5. The lowest BCUT2D eigenvalue weighted by molar-refractivity contribution is -0.118.